The lowest BCUT2D eigenvalue weighted by atomic mass is 9.63. The maximum Gasteiger partial charge on any atom is 0.408 e. The molecule has 0 aromatic rings. The third kappa shape index (κ3) is 3.45. The van der Waals surface area contributed by atoms with Gasteiger partial charge in [-0.15, -0.1) is 0 Å². The van der Waals surface area contributed by atoms with E-state index in [1.807, 2.05) is 0 Å². The number of aldehydes is 1. The minimum Gasteiger partial charge on any atom is -0.444 e. The molecule has 1 aliphatic carbocycles. The van der Waals surface area contributed by atoms with Crippen LogP contribution < -0.4 is 5.32 Å². The van der Waals surface area contributed by atoms with Gasteiger partial charge in [0.2, 0.25) is 0 Å². The molecule has 1 saturated carbocycles. The fourth-order valence-electron chi connectivity index (χ4n) is 2.28. The summed E-state index contributed by atoms with van der Waals surface area (Å²) < 4.78 is 5.17. The summed E-state index contributed by atoms with van der Waals surface area (Å²) in [6, 6.07) is -0.420. The Bertz CT molecular complexity index is 284. The Morgan fingerprint density at radius 1 is 1.47 bits per heavy atom. The molecular formula is C13H23NO3. The van der Waals surface area contributed by atoms with E-state index in [0.717, 1.165) is 32.0 Å². The van der Waals surface area contributed by atoms with E-state index in [2.05, 4.69) is 12.2 Å². The van der Waals surface area contributed by atoms with Crippen LogP contribution in [-0.2, 0) is 9.53 Å². The van der Waals surface area contributed by atoms with Gasteiger partial charge in [-0.25, -0.2) is 4.79 Å². The molecule has 0 heterocycles. The predicted octanol–water partition coefficient (Wildman–Crippen LogP) is 2.66. The Morgan fingerprint density at radius 2 is 2.06 bits per heavy atom. The fourth-order valence-corrected chi connectivity index (χ4v) is 2.28. The van der Waals surface area contributed by atoms with E-state index in [1.54, 1.807) is 20.8 Å². The highest BCUT2D eigenvalue weighted by molar-refractivity contribution is 5.74. The van der Waals surface area contributed by atoms with Gasteiger partial charge in [-0.3, -0.25) is 0 Å². The molecule has 17 heavy (non-hydrogen) atoms. The van der Waals surface area contributed by atoms with E-state index in [1.165, 1.54) is 0 Å². The summed E-state index contributed by atoms with van der Waals surface area (Å²) in [7, 11) is 0. The minimum absolute atomic E-state index is 0.0430. The molecule has 0 spiro atoms. The summed E-state index contributed by atoms with van der Waals surface area (Å²) in [6.07, 6.45) is 4.38. The lowest BCUT2D eigenvalue weighted by molar-refractivity contribution is -0.114. The molecule has 4 nitrogen and oxygen atoms in total. The molecule has 0 aromatic heterocycles. The number of rotatable bonds is 4. The van der Waals surface area contributed by atoms with Crippen molar-refractivity contribution < 1.29 is 14.3 Å². The van der Waals surface area contributed by atoms with Crippen LogP contribution in [0.3, 0.4) is 0 Å². The highest BCUT2D eigenvalue weighted by atomic mass is 16.6. The zero-order valence-corrected chi connectivity index (χ0v) is 11.2. The summed E-state index contributed by atoms with van der Waals surface area (Å²) >= 11 is 0. The SMILES string of the molecule is CCC1(C(C=O)NC(=O)OC(C)(C)C)CCC1. The summed E-state index contributed by atoms with van der Waals surface area (Å²) in [5.74, 6) is 0. The highest BCUT2D eigenvalue weighted by Gasteiger charge is 2.43. The molecule has 1 N–H and O–H groups in total. The van der Waals surface area contributed by atoms with Crippen LogP contribution in [0.1, 0.15) is 53.4 Å². The quantitative estimate of drug-likeness (QED) is 0.770. The van der Waals surface area contributed by atoms with Crippen molar-refractivity contribution in [1.82, 2.24) is 5.32 Å². The molecule has 1 fully saturated rings. The van der Waals surface area contributed by atoms with E-state index in [0.29, 0.717) is 0 Å². The van der Waals surface area contributed by atoms with Crippen molar-refractivity contribution >= 4 is 12.4 Å². The molecule has 4 heteroatoms. The third-order valence-corrected chi connectivity index (χ3v) is 3.52. The van der Waals surface area contributed by atoms with E-state index < -0.39 is 17.7 Å². The Morgan fingerprint density at radius 3 is 2.35 bits per heavy atom. The molecule has 98 valence electrons. The lowest BCUT2D eigenvalue weighted by Crippen LogP contribution is -2.53. The number of hydrogen-bond acceptors (Lipinski definition) is 3. The number of ether oxygens (including phenoxy) is 1. The Labute approximate surface area is 103 Å². The molecule has 1 aliphatic rings. The molecule has 0 aromatic carbocycles. The average molecular weight is 241 g/mol. The second-order valence-electron chi connectivity index (χ2n) is 5.83. The van der Waals surface area contributed by atoms with Crippen LogP contribution in [0.5, 0.6) is 0 Å². The van der Waals surface area contributed by atoms with E-state index in [4.69, 9.17) is 4.74 Å². The summed E-state index contributed by atoms with van der Waals surface area (Å²) in [6.45, 7) is 7.48. The number of carbonyl (C=O) groups excluding carboxylic acids is 2. The standard InChI is InChI=1S/C13H23NO3/c1-5-13(7-6-8-13)10(9-15)14-11(16)17-12(2,3)4/h9-10H,5-8H2,1-4H3,(H,14,16). The van der Waals surface area contributed by atoms with Crippen LogP contribution in [0.15, 0.2) is 0 Å². The molecule has 0 aliphatic heterocycles. The fraction of sp³-hybridized carbons (Fsp3) is 0.846. The van der Waals surface area contributed by atoms with Gasteiger partial charge in [0.25, 0.3) is 0 Å². The zero-order valence-electron chi connectivity index (χ0n) is 11.2. The topological polar surface area (TPSA) is 55.4 Å². The molecule has 1 amide bonds. The molecule has 1 atom stereocenters. The second-order valence-corrected chi connectivity index (χ2v) is 5.83. The normalized spacial score (nSPS) is 20.0. The third-order valence-electron chi connectivity index (χ3n) is 3.52. The first-order valence-corrected chi connectivity index (χ1v) is 6.28. The minimum atomic E-state index is -0.531. The summed E-state index contributed by atoms with van der Waals surface area (Å²) in [5, 5.41) is 2.69. The molecule has 0 radical (unpaired) electrons. The number of carbonyl (C=O) groups is 2. The highest BCUT2D eigenvalue weighted by Crippen LogP contribution is 2.46. The number of nitrogens with one attached hydrogen (secondary N) is 1. The maximum absolute atomic E-state index is 11.6. The first-order valence-electron chi connectivity index (χ1n) is 6.28. The van der Waals surface area contributed by atoms with Crippen molar-refractivity contribution in [3.8, 4) is 0 Å². The maximum atomic E-state index is 11.6. The van der Waals surface area contributed by atoms with Crippen LogP contribution in [0.4, 0.5) is 4.79 Å². The smallest absolute Gasteiger partial charge is 0.408 e. The average Bonchev–Trinajstić information content (AvgIpc) is 2.12. The van der Waals surface area contributed by atoms with E-state index in [9.17, 15) is 9.59 Å². The van der Waals surface area contributed by atoms with Gasteiger partial charge >= 0.3 is 6.09 Å². The van der Waals surface area contributed by atoms with Crippen molar-refractivity contribution in [2.45, 2.75) is 65.0 Å². The monoisotopic (exact) mass is 241 g/mol. The van der Waals surface area contributed by atoms with Gasteiger partial charge < -0.3 is 14.8 Å². The Kier molecular flexibility index (Phi) is 4.17. The van der Waals surface area contributed by atoms with Crippen LogP contribution in [-0.4, -0.2) is 24.0 Å². The number of alkyl carbamates (subject to hydrolysis) is 1. The van der Waals surface area contributed by atoms with Crippen molar-refractivity contribution in [1.29, 1.82) is 0 Å². The van der Waals surface area contributed by atoms with Gasteiger partial charge in [0.05, 0.1) is 6.04 Å². The molecule has 1 rings (SSSR count). The number of amides is 1. The van der Waals surface area contributed by atoms with Crippen LogP contribution in [0.2, 0.25) is 0 Å². The second kappa shape index (κ2) is 5.07. The van der Waals surface area contributed by atoms with Gasteiger partial charge in [-0.1, -0.05) is 13.3 Å². The van der Waals surface area contributed by atoms with Gasteiger partial charge in [0.15, 0.2) is 0 Å². The van der Waals surface area contributed by atoms with Crippen molar-refractivity contribution in [2.75, 3.05) is 0 Å². The lowest BCUT2D eigenvalue weighted by Gasteiger charge is -2.45. The molecule has 1 unspecified atom stereocenters. The largest absolute Gasteiger partial charge is 0.444 e. The molecule has 0 bridgehead atoms. The molecular weight excluding hydrogens is 218 g/mol. The van der Waals surface area contributed by atoms with Crippen molar-refractivity contribution in [3.63, 3.8) is 0 Å². The number of hydrogen-bond donors (Lipinski definition) is 1. The van der Waals surface area contributed by atoms with Crippen molar-refractivity contribution in [3.05, 3.63) is 0 Å². The van der Waals surface area contributed by atoms with Gasteiger partial charge in [-0.2, -0.15) is 0 Å². The van der Waals surface area contributed by atoms with Gasteiger partial charge in [0, 0.05) is 0 Å². The van der Waals surface area contributed by atoms with E-state index >= 15 is 0 Å². The predicted molar refractivity (Wildman–Crippen MR) is 65.8 cm³/mol. The van der Waals surface area contributed by atoms with Crippen molar-refractivity contribution in [2.24, 2.45) is 5.41 Å². The zero-order chi connectivity index (χ0) is 13.1. The Balaban J connectivity index is 2.58. The summed E-state index contributed by atoms with van der Waals surface area (Å²) in [4.78, 5) is 22.8. The van der Waals surface area contributed by atoms with Gasteiger partial charge in [0.1, 0.15) is 11.9 Å². The van der Waals surface area contributed by atoms with Crippen LogP contribution in [0, 0.1) is 5.41 Å². The summed E-state index contributed by atoms with van der Waals surface area (Å²) in [5.41, 5.74) is -0.574. The van der Waals surface area contributed by atoms with Gasteiger partial charge in [-0.05, 0) is 45.4 Å². The van der Waals surface area contributed by atoms with Crippen LogP contribution >= 0.6 is 0 Å². The first kappa shape index (κ1) is 14.0. The molecule has 0 saturated heterocycles. The van der Waals surface area contributed by atoms with Crippen LogP contribution in [0.25, 0.3) is 0 Å². The Hall–Kier alpha value is -1.06. The van der Waals surface area contributed by atoms with E-state index in [-0.39, 0.29) is 5.41 Å². The first-order chi connectivity index (χ1) is 7.83.